The van der Waals surface area contributed by atoms with Gasteiger partial charge in [0.05, 0.1) is 13.2 Å². The second-order valence-corrected chi connectivity index (χ2v) is 30.8. The summed E-state index contributed by atoms with van der Waals surface area (Å²) in [6.07, 6.45) is 18.1. The van der Waals surface area contributed by atoms with E-state index < -0.39 is 0 Å². The Morgan fingerprint density at radius 1 is 0.381 bits per heavy atom. The topological polar surface area (TPSA) is 153 Å². The van der Waals surface area contributed by atoms with Crippen molar-refractivity contribution in [1.29, 1.82) is 0 Å². The second-order valence-electron chi connectivity index (χ2n) is 30.0. The van der Waals surface area contributed by atoms with Crippen LogP contribution in [0.2, 0.25) is 10.0 Å². The molecule has 2 aromatic rings. The van der Waals surface area contributed by atoms with Crippen LogP contribution in [0.25, 0.3) is 0 Å². The lowest BCUT2D eigenvalue weighted by atomic mass is 9.78. The van der Waals surface area contributed by atoms with Crippen molar-refractivity contribution in [3.8, 4) is 0 Å². The lowest BCUT2D eigenvalue weighted by Gasteiger charge is -2.55. The number of nitrogens with zero attached hydrogens (tertiary/aromatic N) is 8. The van der Waals surface area contributed by atoms with E-state index in [1.807, 2.05) is 124 Å². The molecule has 2 aromatic carbocycles. The van der Waals surface area contributed by atoms with Gasteiger partial charge in [0, 0.05) is 105 Å². The van der Waals surface area contributed by atoms with E-state index in [4.69, 9.17) is 32.9 Å². The number of unbranched alkanes of at least 4 members (excludes halogenated alkanes) is 6. The first-order valence-corrected chi connectivity index (χ1v) is 32.0. The zero-order valence-corrected chi connectivity index (χ0v) is 56.0. The summed E-state index contributed by atoms with van der Waals surface area (Å²) in [5.41, 5.74) is -0.349. The molecule has 4 fully saturated rings. The molecular formula is C66H110Cl2N8O8. The predicted octanol–water partition coefficient (Wildman–Crippen LogP) is 13.4. The number of carbonyl (C=O) groups excluding carboxylic acids is 4. The molecule has 2 N–H and O–H groups in total. The highest BCUT2D eigenvalue weighted by Gasteiger charge is 2.51. The van der Waals surface area contributed by atoms with Crippen LogP contribution in [-0.2, 0) is 42.1 Å². The van der Waals surface area contributed by atoms with Gasteiger partial charge in [-0.1, -0.05) is 73.2 Å². The fourth-order valence-corrected chi connectivity index (χ4v) is 15.4. The molecule has 0 saturated carbocycles. The number of halogens is 2. The van der Waals surface area contributed by atoms with Gasteiger partial charge >= 0.3 is 0 Å². The van der Waals surface area contributed by atoms with Crippen LogP contribution in [0.15, 0.2) is 48.5 Å². The van der Waals surface area contributed by atoms with Gasteiger partial charge in [-0.15, -0.1) is 0 Å². The molecule has 0 aromatic heterocycles. The van der Waals surface area contributed by atoms with Gasteiger partial charge in [0.1, 0.15) is 0 Å². The summed E-state index contributed by atoms with van der Waals surface area (Å²) in [6.45, 7) is 37.6. The molecular weight excluding hydrogens is 1100 g/mol. The minimum atomic E-state index is -0.374. The van der Waals surface area contributed by atoms with E-state index in [0.29, 0.717) is 23.3 Å². The Morgan fingerprint density at radius 3 is 0.786 bits per heavy atom. The summed E-state index contributed by atoms with van der Waals surface area (Å²) in [7, 11) is 0. The second kappa shape index (κ2) is 29.7. The third kappa shape index (κ3) is 19.3. The number of amides is 4. The number of carbonyl (C=O) groups is 4. The molecule has 4 heterocycles. The standard InChI is InChI=1S/C40H60Cl2N4O4.C26H50N4O4/c1-37(2)23-35(24-38(3,4)45(37)49-27-31-13-17-33(41)18-14-31)43(29-47)21-11-9-10-12-22-44(30-48)36-25-39(5,6)46(40(7,8)26-36)50-28-32-15-19-34(42)20-16-32;1-23(2)15-21(16-24(3,4)29(23)33)27(19-31)13-11-9-10-12-14-28(20-32)22-17-25(5,6)30(34)26(7,8)18-22/h13-20,29-30,35-36H,9-12,21-28H2,1-8H3;19-22,33-34H,9-18H2,1-8H3. The van der Waals surface area contributed by atoms with Crippen LogP contribution in [-0.4, -0.2) is 171 Å². The van der Waals surface area contributed by atoms with E-state index in [-0.39, 0.29) is 68.5 Å². The molecule has 4 saturated heterocycles. The first kappa shape index (κ1) is 71.3. The number of hydrogen-bond donors (Lipinski definition) is 2. The van der Waals surface area contributed by atoms with Crippen LogP contribution >= 0.6 is 23.2 Å². The Hall–Kier alpha value is -3.42. The van der Waals surface area contributed by atoms with Gasteiger partial charge in [0.2, 0.25) is 25.6 Å². The highest BCUT2D eigenvalue weighted by molar-refractivity contribution is 6.30. The maximum Gasteiger partial charge on any atom is 0.209 e. The zero-order chi connectivity index (χ0) is 62.7. The van der Waals surface area contributed by atoms with Gasteiger partial charge in [-0.2, -0.15) is 20.3 Å². The average molecular weight is 1210 g/mol. The summed E-state index contributed by atoms with van der Waals surface area (Å²) in [5.74, 6) is 0. The maximum atomic E-state index is 12.3. The number of benzene rings is 2. The molecule has 4 aliphatic rings. The van der Waals surface area contributed by atoms with Gasteiger partial charge < -0.3 is 30.0 Å². The monoisotopic (exact) mass is 1210 g/mol. The van der Waals surface area contributed by atoms with Crippen LogP contribution in [0, 0.1) is 0 Å². The number of hydrogen-bond acceptors (Lipinski definition) is 12. The first-order valence-electron chi connectivity index (χ1n) is 31.2. The van der Waals surface area contributed by atoms with E-state index in [1.54, 1.807) is 0 Å². The van der Waals surface area contributed by atoms with E-state index in [1.165, 1.54) is 10.1 Å². The van der Waals surface area contributed by atoms with Gasteiger partial charge in [-0.05, 0) is 223 Å². The van der Waals surface area contributed by atoms with Crippen molar-refractivity contribution in [2.45, 2.75) is 295 Å². The van der Waals surface area contributed by atoms with E-state index in [0.717, 1.165) is 166 Å². The normalized spacial score (nSPS) is 22.5. The number of piperidine rings is 4. The Balaban J connectivity index is 0.000000331. The molecule has 0 aliphatic carbocycles. The number of hydroxylamine groups is 8. The zero-order valence-electron chi connectivity index (χ0n) is 54.5. The summed E-state index contributed by atoms with van der Waals surface area (Å²) in [4.78, 5) is 69.0. The molecule has 0 atom stereocenters. The Labute approximate surface area is 516 Å². The smallest absolute Gasteiger partial charge is 0.209 e. The van der Waals surface area contributed by atoms with Gasteiger partial charge in [-0.25, -0.2) is 0 Å². The molecule has 0 spiro atoms. The molecule has 4 aliphatic heterocycles. The summed E-state index contributed by atoms with van der Waals surface area (Å²) in [6, 6.07) is 16.0. The van der Waals surface area contributed by atoms with Crippen molar-refractivity contribution in [2.75, 3.05) is 26.2 Å². The highest BCUT2D eigenvalue weighted by Crippen LogP contribution is 2.44. The third-order valence-corrected chi connectivity index (χ3v) is 19.0. The molecule has 0 radical (unpaired) electrons. The summed E-state index contributed by atoms with van der Waals surface area (Å²) in [5, 5.41) is 29.6. The van der Waals surface area contributed by atoms with Crippen LogP contribution in [0.4, 0.5) is 0 Å². The summed E-state index contributed by atoms with van der Waals surface area (Å²) >= 11 is 12.1. The quantitative estimate of drug-likeness (QED) is 0.0616. The minimum absolute atomic E-state index is 0.126. The third-order valence-electron chi connectivity index (χ3n) is 18.5. The van der Waals surface area contributed by atoms with Crippen molar-refractivity contribution >= 4 is 48.8 Å². The molecule has 0 unspecified atom stereocenters. The summed E-state index contributed by atoms with van der Waals surface area (Å²) < 4.78 is 0. The molecule has 476 valence electrons. The SMILES string of the molecule is CC1(C)CC(N(C=O)CCCCCCN(C=O)C2CC(C)(C)N(O)C(C)(C)C2)CC(C)(C)N1O.CC1(C)CC(N(C=O)CCCCCCN(C=O)C2CC(C)(C)N(OCc3ccc(Cl)cc3)C(C)(C)C2)CC(C)(C)N1OCc1ccc(Cl)cc1. The van der Waals surface area contributed by atoms with E-state index in [2.05, 4.69) is 65.5 Å². The minimum Gasteiger partial charge on any atom is -0.342 e. The van der Waals surface area contributed by atoms with Crippen LogP contribution < -0.4 is 0 Å². The largest absolute Gasteiger partial charge is 0.342 e. The van der Waals surface area contributed by atoms with Crippen molar-refractivity contribution in [1.82, 2.24) is 39.9 Å². The highest BCUT2D eigenvalue weighted by atomic mass is 35.5. The van der Waals surface area contributed by atoms with Crippen molar-refractivity contribution in [3.63, 3.8) is 0 Å². The van der Waals surface area contributed by atoms with Crippen molar-refractivity contribution in [2.24, 2.45) is 0 Å². The molecule has 18 heteroatoms. The van der Waals surface area contributed by atoms with Crippen LogP contribution in [0.1, 0.15) is 225 Å². The lowest BCUT2D eigenvalue weighted by Crippen LogP contribution is -2.63. The fraction of sp³-hybridized carbons (Fsp3) is 0.758. The van der Waals surface area contributed by atoms with E-state index >= 15 is 0 Å². The fourth-order valence-electron chi connectivity index (χ4n) is 15.1. The number of rotatable bonds is 28. The molecule has 16 nitrogen and oxygen atoms in total. The van der Waals surface area contributed by atoms with E-state index in [9.17, 15) is 29.6 Å². The molecule has 0 bridgehead atoms. The van der Waals surface area contributed by atoms with Crippen LogP contribution in [0.5, 0.6) is 0 Å². The molecule has 6 rings (SSSR count). The van der Waals surface area contributed by atoms with Gasteiger partial charge in [0.15, 0.2) is 0 Å². The average Bonchev–Trinajstić information content (AvgIpc) is 3.60. The molecule has 84 heavy (non-hydrogen) atoms. The Morgan fingerprint density at radius 2 is 0.583 bits per heavy atom. The lowest BCUT2D eigenvalue weighted by molar-refractivity contribution is -0.294. The Kier molecular flexibility index (Phi) is 25.2. The predicted molar refractivity (Wildman–Crippen MR) is 336 cm³/mol. The molecule has 4 amide bonds. The maximum absolute atomic E-state index is 12.3. The van der Waals surface area contributed by atoms with Gasteiger partial charge in [0.25, 0.3) is 0 Å². The van der Waals surface area contributed by atoms with Gasteiger partial charge in [-0.3, -0.25) is 28.9 Å². The Bertz CT molecular complexity index is 2150. The van der Waals surface area contributed by atoms with Crippen molar-refractivity contribution in [3.05, 3.63) is 69.7 Å². The van der Waals surface area contributed by atoms with Crippen molar-refractivity contribution < 1.29 is 39.3 Å². The first-order chi connectivity index (χ1) is 39.0. The van der Waals surface area contributed by atoms with Crippen LogP contribution in [0.3, 0.4) is 0 Å².